The molecule has 290 valence electrons. The zero-order valence-electron chi connectivity index (χ0n) is 30.1. The van der Waals surface area contributed by atoms with Crippen molar-refractivity contribution in [2.75, 3.05) is 44.0 Å². The van der Waals surface area contributed by atoms with Crippen LogP contribution in [0.5, 0.6) is 5.75 Å². The fourth-order valence-electron chi connectivity index (χ4n) is 5.98. The van der Waals surface area contributed by atoms with Crippen LogP contribution in [0, 0.1) is 5.92 Å². The van der Waals surface area contributed by atoms with E-state index in [1.807, 2.05) is 25.8 Å². The molecule has 0 spiro atoms. The van der Waals surface area contributed by atoms with Gasteiger partial charge < -0.3 is 30.1 Å². The summed E-state index contributed by atoms with van der Waals surface area (Å²) in [6.45, 7) is 6.54. The number of carbonyl (C=O) groups excluding carboxylic acids is 2. The van der Waals surface area contributed by atoms with Crippen LogP contribution in [-0.4, -0.2) is 78.4 Å². The molecule has 53 heavy (non-hydrogen) atoms. The monoisotopic (exact) mass is 752 g/mol. The molecule has 0 radical (unpaired) electrons. The summed E-state index contributed by atoms with van der Waals surface area (Å²) in [4.78, 5) is 30.7. The summed E-state index contributed by atoms with van der Waals surface area (Å²) in [5, 5.41) is 15.3. The Morgan fingerprint density at radius 3 is 2.11 bits per heavy atom. The molecule has 3 aromatic carbocycles. The van der Waals surface area contributed by atoms with E-state index in [0.29, 0.717) is 31.7 Å². The Balaban J connectivity index is 1.55. The molecule has 9 nitrogen and oxygen atoms in total. The average molecular weight is 753 g/mol. The minimum atomic E-state index is -4.52. The van der Waals surface area contributed by atoms with Crippen LogP contribution < -0.4 is 15.4 Å². The number of hydrogen-bond acceptors (Lipinski definition) is 6. The molecule has 0 saturated carbocycles. The number of ether oxygens (including phenoxy) is 2. The molecule has 0 aromatic heterocycles. The smallest absolute Gasteiger partial charge is 0.416 e. The molecule has 0 fully saturated rings. The van der Waals surface area contributed by atoms with Crippen LogP contribution >= 0.6 is 0 Å². The van der Waals surface area contributed by atoms with E-state index in [0.717, 1.165) is 49.2 Å². The number of nitrogens with one attached hydrogen (secondary N) is 2. The minimum absolute atomic E-state index is 0.126. The van der Waals surface area contributed by atoms with E-state index >= 15 is 0 Å². The van der Waals surface area contributed by atoms with Crippen molar-refractivity contribution in [1.82, 2.24) is 9.80 Å². The van der Waals surface area contributed by atoms with Gasteiger partial charge in [-0.1, -0.05) is 19.1 Å². The Kier molecular flexibility index (Phi) is 14.2. The molecular formula is C38H46F6N4O5. The maximum atomic E-state index is 14.4. The first-order valence-electron chi connectivity index (χ1n) is 17.4. The summed E-state index contributed by atoms with van der Waals surface area (Å²) in [6, 6.07) is 12.2. The van der Waals surface area contributed by atoms with E-state index in [9.17, 15) is 41.0 Å². The van der Waals surface area contributed by atoms with Crippen molar-refractivity contribution >= 4 is 23.3 Å². The van der Waals surface area contributed by atoms with E-state index < -0.39 is 41.5 Å². The minimum Gasteiger partial charge on any atom is -0.490 e. The number of fused-ring (bicyclic) bond motifs is 1. The maximum Gasteiger partial charge on any atom is 0.416 e. The van der Waals surface area contributed by atoms with Crippen LogP contribution in [0.4, 0.5) is 42.5 Å². The molecule has 4 rings (SSSR count). The standard InChI is InChI=1S/C38H46F6N4O5/c1-24-20-48(25(2)23-49)35(50)32-19-31(46-36(51)45-30-14-12-29(13-15-30)38(42,43)44)16-17-33(32)53-26(3)7-5-6-18-52-34(24)22-47(4)21-27-8-10-28(11-9-27)37(39,40)41/h8-17,19,24-26,34,49H,5-7,18,20-23H2,1-4H3,(H2,45,46,51)/t24-,25-,26+,34+/m1/s1. The van der Waals surface area contributed by atoms with Crippen LogP contribution in [0.3, 0.4) is 0 Å². The zero-order chi connectivity index (χ0) is 38.9. The highest BCUT2D eigenvalue weighted by atomic mass is 19.4. The lowest BCUT2D eigenvalue weighted by atomic mass is 10.0. The number of benzene rings is 3. The summed E-state index contributed by atoms with van der Waals surface area (Å²) in [5.74, 6) is -0.452. The highest BCUT2D eigenvalue weighted by Gasteiger charge is 2.32. The molecular weight excluding hydrogens is 706 g/mol. The number of halogens is 6. The van der Waals surface area contributed by atoms with Crippen molar-refractivity contribution in [1.29, 1.82) is 0 Å². The number of likely N-dealkylation sites (N-methyl/N-ethyl adjacent to an activating group) is 1. The Labute approximate surface area is 305 Å². The molecule has 1 heterocycles. The summed E-state index contributed by atoms with van der Waals surface area (Å²) < 4.78 is 90.7. The lowest BCUT2D eigenvalue weighted by Crippen LogP contribution is -2.47. The Hall–Kier alpha value is -4.34. The van der Waals surface area contributed by atoms with Crippen LogP contribution in [0.25, 0.3) is 0 Å². The van der Waals surface area contributed by atoms with Crippen molar-refractivity contribution in [3.05, 3.63) is 89.0 Å². The first kappa shape index (κ1) is 41.4. The van der Waals surface area contributed by atoms with Crippen molar-refractivity contribution in [3.63, 3.8) is 0 Å². The number of rotatable bonds is 8. The predicted molar refractivity (Wildman–Crippen MR) is 189 cm³/mol. The second kappa shape index (κ2) is 18.1. The van der Waals surface area contributed by atoms with E-state index in [2.05, 4.69) is 10.6 Å². The van der Waals surface area contributed by atoms with Crippen LogP contribution in [0.1, 0.15) is 67.1 Å². The summed E-state index contributed by atoms with van der Waals surface area (Å²) in [7, 11) is 1.84. The third kappa shape index (κ3) is 12.1. The number of nitrogens with zero attached hydrogens (tertiary/aromatic N) is 2. The van der Waals surface area contributed by atoms with Gasteiger partial charge in [-0.2, -0.15) is 26.3 Å². The van der Waals surface area contributed by atoms with Gasteiger partial charge in [-0.15, -0.1) is 0 Å². The van der Waals surface area contributed by atoms with Crippen LogP contribution in [0.15, 0.2) is 66.7 Å². The SMILES string of the molecule is C[C@@H]1CN([C@H](C)CO)C(=O)c2cc(NC(=O)Nc3ccc(C(F)(F)F)cc3)ccc2O[C@@H](C)CCCCO[C@H]1CN(C)Cc1ccc(C(F)(F)F)cc1. The van der Waals surface area contributed by atoms with Gasteiger partial charge >= 0.3 is 18.4 Å². The molecule has 15 heteroatoms. The number of amides is 3. The third-order valence-corrected chi connectivity index (χ3v) is 9.00. The first-order chi connectivity index (χ1) is 24.9. The van der Waals surface area contributed by atoms with Gasteiger partial charge in [0, 0.05) is 43.5 Å². The van der Waals surface area contributed by atoms with E-state index in [4.69, 9.17) is 9.47 Å². The second-order valence-electron chi connectivity index (χ2n) is 13.6. The molecule has 3 N–H and O–H groups in total. The molecule has 0 aliphatic carbocycles. The topological polar surface area (TPSA) is 103 Å². The van der Waals surface area contributed by atoms with Crippen LogP contribution in [-0.2, 0) is 23.6 Å². The summed E-state index contributed by atoms with van der Waals surface area (Å²) in [5.41, 5.74) is -0.412. The van der Waals surface area contributed by atoms with Crippen molar-refractivity contribution < 1.29 is 50.5 Å². The summed E-state index contributed by atoms with van der Waals surface area (Å²) >= 11 is 0. The molecule has 4 atom stereocenters. The highest BCUT2D eigenvalue weighted by Crippen LogP contribution is 2.32. The van der Waals surface area contributed by atoms with E-state index in [1.54, 1.807) is 19.1 Å². The van der Waals surface area contributed by atoms with Crippen molar-refractivity contribution in [2.24, 2.45) is 5.92 Å². The number of urea groups is 1. The van der Waals surface area contributed by atoms with Gasteiger partial charge in [-0.25, -0.2) is 4.79 Å². The summed E-state index contributed by atoms with van der Waals surface area (Å²) in [6.07, 6.45) is -7.47. The quantitative estimate of drug-likeness (QED) is 0.200. The van der Waals surface area contributed by atoms with E-state index in [-0.39, 0.29) is 54.0 Å². The van der Waals surface area contributed by atoms with Crippen molar-refractivity contribution in [2.45, 2.75) is 77.2 Å². The molecule has 1 aliphatic rings. The molecule has 3 aromatic rings. The van der Waals surface area contributed by atoms with Gasteiger partial charge in [0.05, 0.1) is 41.5 Å². The fraction of sp³-hybridized carbons (Fsp3) is 0.474. The lowest BCUT2D eigenvalue weighted by Gasteiger charge is -2.36. The number of aliphatic hydroxyl groups is 1. The number of carbonyl (C=O) groups is 2. The normalized spacial score (nSPS) is 19.9. The Morgan fingerprint density at radius 1 is 0.925 bits per heavy atom. The van der Waals surface area contributed by atoms with Crippen molar-refractivity contribution in [3.8, 4) is 5.75 Å². The number of anilines is 2. The predicted octanol–water partition coefficient (Wildman–Crippen LogP) is 8.30. The Morgan fingerprint density at radius 2 is 1.51 bits per heavy atom. The van der Waals surface area contributed by atoms with Gasteiger partial charge in [-0.3, -0.25) is 9.69 Å². The number of hydrogen-bond donors (Lipinski definition) is 3. The molecule has 0 bridgehead atoms. The number of alkyl halides is 6. The van der Waals surface area contributed by atoms with Crippen LogP contribution in [0.2, 0.25) is 0 Å². The third-order valence-electron chi connectivity index (χ3n) is 9.00. The second-order valence-corrected chi connectivity index (χ2v) is 13.6. The average Bonchev–Trinajstić information content (AvgIpc) is 3.09. The lowest BCUT2D eigenvalue weighted by molar-refractivity contribution is -0.138. The van der Waals surface area contributed by atoms with Gasteiger partial charge in [0.2, 0.25) is 0 Å². The van der Waals surface area contributed by atoms with Gasteiger partial charge in [0.25, 0.3) is 5.91 Å². The molecule has 0 unspecified atom stereocenters. The number of aliphatic hydroxyl groups excluding tert-OH is 1. The largest absolute Gasteiger partial charge is 0.490 e. The highest BCUT2D eigenvalue weighted by molar-refractivity contribution is 6.02. The zero-order valence-corrected chi connectivity index (χ0v) is 30.1. The van der Waals surface area contributed by atoms with Gasteiger partial charge in [0.15, 0.2) is 0 Å². The van der Waals surface area contributed by atoms with Gasteiger partial charge in [0.1, 0.15) is 5.75 Å². The molecule has 3 amide bonds. The molecule has 1 aliphatic heterocycles. The first-order valence-corrected chi connectivity index (χ1v) is 17.4. The molecule has 0 saturated heterocycles. The van der Waals surface area contributed by atoms with Gasteiger partial charge in [-0.05, 0) is 100 Å². The van der Waals surface area contributed by atoms with E-state index in [1.165, 1.54) is 23.1 Å². The fourth-order valence-corrected chi connectivity index (χ4v) is 5.98. The Bertz CT molecular complexity index is 1650. The maximum absolute atomic E-state index is 14.4.